The normalized spacial score (nSPS) is 28.7. The van der Waals surface area contributed by atoms with Gasteiger partial charge in [-0.3, -0.25) is 4.90 Å². The summed E-state index contributed by atoms with van der Waals surface area (Å²) >= 11 is 0. The standard InChI is InChI=1S/C12H26N4/c13-10-12-11-14-4-9-16(12)8-3-7-15-5-1-2-6-15/h12,14H,1-11,13H2. The fourth-order valence-electron chi connectivity index (χ4n) is 2.83. The Kier molecular flexibility index (Phi) is 5.03. The van der Waals surface area contributed by atoms with Crippen molar-refractivity contribution in [2.75, 3.05) is 52.4 Å². The summed E-state index contributed by atoms with van der Waals surface area (Å²) in [6.45, 7) is 9.30. The van der Waals surface area contributed by atoms with Crippen LogP contribution in [0.15, 0.2) is 0 Å². The van der Waals surface area contributed by atoms with Gasteiger partial charge in [0.05, 0.1) is 0 Å². The second-order valence-corrected chi connectivity index (χ2v) is 5.03. The van der Waals surface area contributed by atoms with E-state index in [0.29, 0.717) is 6.04 Å². The monoisotopic (exact) mass is 226 g/mol. The summed E-state index contributed by atoms with van der Waals surface area (Å²) in [6.07, 6.45) is 4.11. The molecule has 4 heteroatoms. The van der Waals surface area contributed by atoms with Crippen molar-refractivity contribution in [2.24, 2.45) is 5.73 Å². The highest BCUT2D eigenvalue weighted by molar-refractivity contribution is 4.80. The van der Waals surface area contributed by atoms with E-state index in [4.69, 9.17) is 5.73 Å². The van der Waals surface area contributed by atoms with E-state index in [0.717, 1.165) is 19.6 Å². The maximum atomic E-state index is 5.80. The Balaban J connectivity index is 1.63. The molecule has 0 bridgehead atoms. The smallest absolute Gasteiger partial charge is 0.0343 e. The Morgan fingerprint density at radius 2 is 1.94 bits per heavy atom. The molecule has 0 amide bonds. The molecule has 16 heavy (non-hydrogen) atoms. The van der Waals surface area contributed by atoms with Crippen LogP contribution in [-0.4, -0.2) is 68.2 Å². The number of hydrogen-bond donors (Lipinski definition) is 2. The van der Waals surface area contributed by atoms with Crippen molar-refractivity contribution >= 4 is 0 Å². The van der Waals surface area contributed by atoms with Crippen molar-refractivity contribution in [1.82, 2.24) is 15.1 Å². The Labute approximate surface area is 99.2 Å². The Bertz CT molecular complexity index is 191. The molecule has 0 saturated carbocycles. The summed E-state index contributed by atoms with van der Waals surface area (Å²) in [7, 11) is 0. The van der Waals surface area contributed by atoms with Gasteiger partial charge in [-0.15, -0.1) is 0 Å². The molecule has 0 aromatic carbocycles. The number of rotatable bonds is 5. The molecular formula is C12H26N4. The number of piperazine rings is 1. The number of nitrogens with zero attached hydrogens (tertiary/aromatic N) is 2. The number of hydrogen-bond acceptors (Lipinski definition) is 4. The van der Waals surface area contributed by atoms with Crippen LogP contribution in [-0.2, 0) is 0 Å². The van der Waals surface area contributed by atoms with Crippen molar-refractivity contribution < 1.29 is 0 Å². The van der Waals surface area contributed by atoms with Gasteiger partial charge in [0.25, 0.3) is 0 Å². The lowest BCUT2D eigenvalue weighted by molar-refractivity contribution is 0.157. The number of nitrogens with one attached hydrogen (secondary N) is 1. The van der Waals surface area contributed by atoms with E-state index in [1.165, 1.54) is 52.0 Å². The van der Waals surface area contributed by atoms with Crippen LogP contribution >= 0.6 is 0 Å². The van der Waals surface area contributed by atoms with Crippen LogP contribution in [0, 0.1) is 0 Å². The third-order valence-corrected chi connectivity index (χ3v) is 3.86. The minimum absolute atomic E-state index is 0.562. The predicted molar refractivity (Wildman–Crippen MR) is 67.6 cm³/mol. The Morgan fingerprint density at radius 3 is 2.69 bits per heavy atom. The topological polar surface area (TPSA) is 44.5 Å². The highest BCUT2D eigenvalue weighted by atomic mass is 15.2. The lowest BCUT2D eigenvalue weighted by atomic mass is 10.2. The first-order valence-corrected chi connectivity index (χ1v) is 6.77. The fourth-order valence-corrected chi connectivity index (χ4v) is 2.83. The van der Waals surface area contributed by atoms with E-state index < -0.39 is 0 Å². The van der Waals surface area contributed by atoms with Gasteiger partial charge in [0.1, 0.15) is 0 Å². The molecule has 0 aliphatic carbocycles. The average Bonchev–Trinajstić information content (AvgIpc) is 2.83. The largest absolute Gasteiger partial charge is 0.329 e. The molecule has 2 fully saturated rings. The van der Waals surface area contributed by atoms with E-state index in [-0.39, 0.29) is 0 Å². The molecule has 0 spiro atoms. The average molecular weight is 226 g/mol. The summed E-state index contributed by atoms with van der Waals surface area (Å²) < 4.78 is 0. The maximum Gasteiger partial charge on any atom is 0.0343 e. The van der Waals surface area contributed by atoms with Crippen LogP contribution in [0.1, 0.15) is 19.3 Å². The van der Waals surface area contributed by atoms with Gasteiger partial charge in [-0.1, -0.05) is 0 Å². The van der Waals surface area contributed by atoms with E-state index in [9.17, 15) is 0 Å². The molecule has 2 saturated heterocycles. The summed E-state index contributed by atoms with van der Waals surface area (Å²) in [5.74, 6) is 0. The summed E-state index contributed by atoms with van der Waals surface area (Å²) in [4.78, 5) is 5.16. The van der Waals surface area contributed by atoms with Gasteiger partial charge >= 0.3 is 0 Å². The molecule has 2 heterocycles. The van der Waals surface area contributed by atoms with Crippen molar-refractivity contribution in [3.63, 3.8) is 0 Å². The molecule has 0 aromatic rings. The van der Waals surface area contributed by atoms with Crippen LogP contribution in [0.4, 0.5) is 0 Å². The highest BCUT2D eigenvalue weighted by Gasteiger charge is 2.20. The van der Waals surface area contributed by atoms with Crippen LogP contribution in [0.5, 0.6) is 0 Å². The predicted octanol–water partition coefficient (Wildman–Crippen LogP) is -0.295. The van der Waals surface area contributed by atoms with Crippen LogP contribution in [0.25, 0.3) is 0 Å². The zero-order valence-corrected chi connectivity index (χ0v) is 10.3. The van der Waals surface area contributed by atoms with Crippen molar-refractivity contribution in [3.8, 4) is 0 Å². The number of likely N-dealkylation sites (tertiary alicyclic amines) is 1. The number of nitrogens with two attached hydrogens (primary N) is 1. The molecule has 0 aromatic heterocycles. The first-order valence-electron chi connectivity index (χ1n) is 6.77. The second kappa shape index (κ2) is 6.55. The highest BCUT2D eigenvalue weighted by Crippen LogP contribution is 2.09. The summed E-state index contributed by atoms with van der Waals surface area (Å²) in [6, 6.07) is 0.562. The quantitative estimate of drug-likeness (QED) is 0.676. The Morgan fingerprint density at radius 1 is 1.12 bits per heavy atom. The van der Waals surface area contributed by atoms with Gasteiger partial charge in [-0.25, -0.2) is 0 Å². The third kappa shape index (κ3) is 3.42. The lowest BCUT2D eigenvalue weighted by Crippen LogP contribution is -2.54. The van der Waals surface area contributed by atoms with Gasteiger partial charge < -0.3 is 16.0 Å². The molecule has 1 unspecified atom stereocenters. The van der Waals surface area contributed by atoms with Gasteiger partial charge in [0, 0.05) is 32.2 Å². The van der Waals surface area contributed by atoms with Crippen molar-refractivity contribution in [2.45, 2.75) is 25.3 Å². The second-order valence-electron chi connectivity index (χ2n) is 5.03. The van der Waals surface area contributed by atoms with Crippen molar-refractivity contribution in [1.29, 1.82) is 0 Å². The molecule has 2 aliphatic heterocycles. The van der Waals surface area contributed by atoms with E-state index in [1.807, 2.05) is 0 Å². The Hall–Kier alpha value is -0.160. The van der Waals surface area contributed by atoms with E-state index in [1.54, 1.807) is 0 Å². The molecule has 2 aliphatic rings. The molecule has 94 valence electrons. The van der Waals surface area contributed by atoms with E-state index >= 15 is 0 Å². The van der Waals surface area contributed by atoms with Crippen LogP contribution in [0.3, 0.4) is 0 Å². The molecule has 3 N–H and O–H groups in total. The third-order valence-electron chi connectivity index (χ3n) is 3.86. The van der Waals surface area contributed by atoms with Gasteiger partial charge in [-0.05, 0) is 45.4 Å². The molecule has 1 atom stereocenters. The minimum atomic E-state index is 0.562. The molecule has 4 nitrogen and oxygen atoms in total. The fraction of sp³-hybridized carbons (Fsp3) is 1.00. The van der Waals surface area contributed by atoms with Gasteiger partial charge in [0.2, 0.25) is 0 Å². The van der Waals surface area contributed by atoms with Crippen LogP contribution < -0.4 is 11.1 Å². The maximum absolute atomic E-state index is 5.80. The lowest BCUT2D eigenvalue weighted by Gasteiger charge is -2.35. The summed E-state index contributed by atoms with van der Waals surface area (Å²) in [5, 5.41) is 3.42. The molecule has 0 radical (unpaired) electrons. The molecule has 2 rings (SSSR count). The summed E-state index contributed by atoms with van der Waals surface area (Å²) in [5.41, 5.74) is 5.80. The zero-order chi connectivity index (χ0) is 11.2. The molecular weight excluding hydrogens is 200 g/mol. The zero-order valence-electron chi connectivity index (χ0n) is 10.3. The van der Waals surface area contributed by atoms with Gasteiger partial charge in [0.15, 0.2) is 0 Å². The van der Waals surface area contributed by atoms with E-state index in [2.05, 4.69) is 15.1 Å². The minimum Gasteiger partial charge on any atom is -0.329 e. The van der Waals surface area contributed by atoms with Crippen LogP contribution in [0.2, 0.25) is 0 Å². The first-order chi connectivity index (χ1) is 7.90. The van der Waals surface area contributed by atoms with Crippen molar-refractivity contribution in [3.05, 3.63) is 0 Å². The first kappa shape index (κ1) is 12.3. The van der Waals surface area contributed by atoms with Gasteiger partial charge in [-0.2, -0.15) is 0 Å². The SMILES string of the molecule is NCC1CNCCN1CCCN1CCCC1.